The van der Waals surface area contributed by atoms with Gasteiger partial charge in [-0.2, -0.15) is 5.10 Å². The summed E-state index contributed by atoms with van der Waals surface area (Å²) >= 11 is 6.36. The smallest absolute Gasteiger partial charge is 0.0834 e. The normalized spacial score (nSPS) is 20.3. The van der Waals surface area contributed by atoms with Gasteiger partial charge in [0.25, 0.3) is 0 Å². The second kappa shape index (κ2) is 8.13. The van der Waals surface area contributed by atoms with E-state index in [1.165, 1.54) is 12.8 Å². The summed E-state index contributed by atoms with van der Waals surface area (Å²) in [4.78, 5) is 2.15. The summed E-state index contributed by atoms with van der Waals surface area (Å²) in [6.45, 7) is 2.72. The summed E-state index contributed by atoms with van der Waals surface area (Å²) in [5.41, 5.74) is 1.10. The first-order chi connectivity index (χ1) is 10.1. The summed E-state index contributed by atoms with van der Waals surface area (Å²) in [6, 6.07) is 0.228. The molecule has 1 fully saturated rings. The predicted octanol–water partition coefficient (Wildman–Crippen LogP) is 2.32. The van der Waals surface area contributed by atoms with Gasteiger partial charge >= 0.3 is 0 Å². The minimum atomic E-state index is 0.228. The summed E-state index contributed by atoms with van der Waals surface area (Å²) in [5, 5.41) is 8.56. The van der Waals surface area contributed by atoms with Gasteiger partial charge < -0.3 is 15.0 Å². The van der Waals surface area contributed by atoms with Gasteiger partial charge in [0, 0.05) is 13.2 Å². The summed E-state index contributed by atoms with van der Waals surface area (Å²) in [5.74, 6) is 0. The Labute approximate surface area is 132 Å². The topological polar surface area (TPSA) is 42.3 Å². The lowest BCUT2D eigenvalue weighted by atomic mass is 10.0. The molecule has 0 amide bonds. The molecule has 21 heavy (non-hydrogen) atoms. The largest absolute Gasteiger partial charge is 0.378 e. The molecule has 2 rings (SSSR count). The average Bonchev–Trinajstić information content (AvgIpc) is 3.08. The van der Waals surface area contributed by atoms with Gasteiger partial charge in [-0.15, -0.1) is 0 Å². The quantitative estimate of drug-likeness (QED) is 0.799. The van der Waals surface area contributed by atoms with E-state index < -0.39 is 0 Å². The van der Waals surface area contributed by atoms with E-state index in [1.54, 1.807) is 6.20 Å². The third kappa shape index (κ3) is 4.68. The standard InChI is InChI=1S/C15H27ClN4O/c1-17-14(7-6-12-5-4-10-21-12)15-13(16)11-18-20(15)9-8-19(2)3/h11-12,14,17H,4-10H2,1-3H3. The lowest BCUT2D eigenvalue weighted by Gasteiger charge is -2.21. The monoisotopic (exact) mass is 314 g/mol. The van der Waals surface area contributed by atoms with Crippen LogP contribution < -0.4 is 5.32 Å². The Balaban J connectivity index is 2.00. The van der Waals surface area contributed by atoms with E-state index in [0.717, 1.165) is 43.3 Å². The highest BCUT2D eigenvalue weighted by Gasteiger charge is 2.22. The van der Waals surface area contributed by atoms with Gasteiger partial charge in [0.2, 0.25) is 0 Å². The molecule has 120 valence electrons. The molecule has 0 bridgehead atoms. The number of nitrogens with zero attached hydrogens (tertiary/aromatic N) is 3. The highest BCUT2D eigenvalue weighted by molar-refractivity contribution is 6.31. The van der Waals surface area contributed by atoms with Crippen LogP contribution in [-0.4, -0.2) is 55.1 Å². The van der Waals surface area contributed by atoms with E-state index in [1.807, 2.05) is 11.7 Å². The number of halogens is 1. The Kier molecular flexibility index (Phi) is 6.48. The van der Waals surface area contributed by atoms with Crippen LogP contribution in [0.1, 0.15) is 37.4 Å². The second-order valence-electron chi connectivity index (χ2n) is 5.96. The molecule has 2 heterocycles. The van der Waals surface area contributed by atoms with Crippen molar-refractivity contribution in [2.75, 3.05) is 34.3 Å². The van der Waals surface area contributed by atoms with E-state index in [-0.39, 0.29) is 6.04 Å². The van der Waals surface area contributed by atoms with Crippen molar-refractivity contribution in [2.24, 2.45) is 0 Å². The molecule has 1 aliphatic heterocycles. The Hall–Kier alpha value is -0.620. The van der Waals surface area contributed by atoms with E-state index in [2.05, 4.69) is 29.4 Å². The van der Waals surface area contributed by atoms with Gasteiger partial charge in [-0.1, -0.05) is 11.6 Å². The first-order valence-electron chi connectivity index (χ1n) is 7.76. The van der Waals surface area contributed by atoms with Crippen molar-refractivity contribution in [1.29, 1.82) is 0 Å². The van der Waals surface area contributed by atoms with Crippen LogP contribution in [0.3, 0.4) is 0 Å². The number of ether oxygens (including phenoxy) is 1. The Bertz CT molecular complexity index is 429. The van der Waals surface area contributed by atoms with Gasteiger partial charge in [0.15, 0.2) is 0 Å². The lowest BCUT2D eigenvalue weighted by Crippen LogP contribution is -2.25. The molecule has 0 aliphatic carbocycles. The molecule has 2 atom stereocenters. The molecule has 5 nitrogen and oxygen atoms in total. The zero-order valence-electron chi connectivity index (χ0n) is 13.3. The Morgan fingerprint density at radius 1 is 1.57 bits per heavy atom. The van der Waals surface area contributed by atoms with Crippen molar-refractivity contribution in [3.63, 3.8) is 0 Å². The molecule has 6 heteroatoms. The van der Waals surface area contributed by atoms with Crippen molar-refractivity contribution >= 4 is 11.6 Å². The Morgan fingerprint density at radius 2 is 2.38 bits per heavy atom. The SMILES string of the molecule is CNC(CCC1CCCO1)c1c(Cl)cnn1CCN(C)C. The first kappa shape index (κ1) is 16.7. The van der Waals surface area contributed by atoms with Gasteiger partial charge in [0.05, 0.1) is 35.6 Å². The third-order valence-electron chi connectivity index (χ3n) is 4.07. The fourth-order valence-corrected chi connectivity index (χ4v) is 3.11. The lowest BCUT2D eigenvalue weighted by molar-refractivity contribution is 0.0995. The number of hydrogen-bond donors (Lipinski definition) is 1. The van der Waals surface area contributed by atoms with Crippen LogP contribution >= 0.6 is 11.6 Å². The molecule has 1 aromatic heterocycles. The fourth-order valence-electron chi connectivity index (χ4n) is 2.83. The van der Waals surface area contributed by atoms with Crippen LogP contribution in [0, 0.1) is 0 Å². The summed E-state index contributed by atoms with van der Waals surface area (Å²) in [6.07, 6.45) is 6.64. The zero-order chi connectivity index (χ0) is 15.2. The van der Waals surface area contributed by atoms with Crippen molar-refractivity contribution in [3.05, 3.63) is 16.9 Å². The Morgan fingerprint density at radius 3 is 3.00 bits per heavy atom. The van der Waals surface area contributed by atoms with Crippen LogP contribution in [0.25, 0.3) is 0 Å². The maximum atomic E-state index is 6.36. The maximum Gasteiger partial charge on any atom is 0.0834 e. The minimum absolute atomic E-state index is 0.228. The highest BCUT2D eigenvalue weighted by Crippen LogP contribution is 2.28. The molecule has 1 aromatic rings. The molecule has 0 radical (unpaired) electrons. The van der Waals surface area contributed by atoms with E-state index >= 15 is 0 Å². The van der Waals surface area contributed by atoms with Crippen LogP contribution in [-0.2, 0) is 11.3 Å². The number of rotatable bonds is 8. The highest BCUT2D eigenvalue weighted by atomic mass is 35.5. The fraction of sp³-hybridized carbons (Fsp3) is 0.800. The second-order valence-corrected chi connectivity index (χ2v) is 6.37. The molecule has 1 aliphatic rings. The van der Waals surface area contributed by atoms with Gasteiger partial charge in [-0.25, -0.2) is 0 Å². The first-order valence-corrected chi connectivity index (χ1v) is 8.14. The van der Waals surface area contributed by atoms with E-state index in [0.29, 0.717) is 6.10 Å². The third-order valence-corrected chi connectivity index (χ3v) is 4.36. The number of likely N-dealkylation sites (N-methyl/N-ethyl adjacent to an activating group) is 1. The summed E-state index contributed by atoms with van der Waals surface area (Å²) < 4.78 is 7.74. The molecule has 1 N–H and O–H groups in total. The van der Waals surface area contributed by atoms with Crippen molar-refractivity contribution in [3.8, 4) is 0 Å². The van der Waals surface area contributed by atoms with Crippen molar-refractivity contribution in [1.82, 2.24) is 20.0 Å². The van der Waals surface area contributed by atoms with Gasteiger partial charge in [-0.3, -0.25) is 4.68 Å². The van der Waals surface area contributed by atoms with Crippen LogP contribution in [0.2, 0.25) is 5.02 Å². The van der Waals surface area contributed by atoms with Crippen molar-refractivity contribution in [2.45, 2.75) is 44.4 Å². The zero-order valence-corrected chi connectivity index (χ0v) is 14.1. The molecule has 2 unspecified atom stereocenters. The molecule has 0 spiro atoms. The summed E-state index contributed by atoms with van der Waals surface area (Å²) in [7, 11) is 6.12. The number of hydrogen-bond acceptors (Lipinski definition) is 4. The van der Waals surface area contributed by atoms with Crippen LogP contribution in [0.4, 0.5) is 0 Å². The molecular formula is C15H27ClN4O. The van der Waals surface area contributed by atoms with E-state index in [4.69, 9.17) is 16.3 Å². The van der Waals surface area contributed by atoms with Gasteiger partial charge in [0.1, 0.15) is 0 Å². The van der Waals surface area contributed by atoms with E-state index in [9.17, 15) is 0 Å². The van der Waals surface area contributed by atoms with Crippen LogP contribution in [0.15, 0.2) is 6.20 Å². The van der Waals surface area contributed by atoms with Crippen LogP contribution in [0.5, 0.6) is 0 Å². The predicted molar refractivity (Wildman–Crippen MR) is 85.8 cm³/mol. The number of aromatic nitrogens is 2. The minimum Gasteiger partial charge on any atom is -0.378 e. The molecular weight excluding hydrogens is 288 g/mol. The number of nitrogens with one attached hydrogen (secondary N) is 1. The van der Waals surface area contributed by atoms with Crippen molar-refractivity contribution < 1.29 is 4.74 Å². The average molecular weight is 315 g/mol. The molecule has 1 saturated heterocycles. The molecule has 0 aromatic carbocycles. The molecule has 0 saturated carbocycles. The maximum absolute atomic E-state index is 6.36. The van der Waals surface area contributed by atoms with Gasteiger partial charge in [-0.05, 0) is 46.8 Å².